The fourth-order valence-electron chi connectivity index (χ4n) is 2.72. The highest BCUT2D eigenvalue weighted by Gasteiger charge is 2.46. The van der Waals surface area contributed by atoms with Crippen molar-refractivity contribution >= 4 is 5.91 Å². The molecule has 1 fully saturated rings. The predicted molar refractivity (Wildman–Crippen MR) is 73.7 cm³/mol. The molecule has 0 radical (unpaired) electrons. The summed E-state index contributed by atoms with van der Waals surface area (Å²) >= 11 is 0. The molecule has 4 nitrogen and oxygen atoms in total. The summed E-state index contributed by atoms with van der Waals surface area (Å²) < 4.78 is 5.97. The van der Waals surface area contributed by atoms with Gasteiger partial charge in [0.2, 0.25) is 5.91 Å². The Morgan fingerprint density at radius 3 is 2.74 bits per heavy atom. The lowest BCUT2D eigenvalue weighted by Gasteiger charge is -2.27. The van der Waals surface area contributed by atoms with Crippen molar-refractivity contribution in [3.63, 3.8) is 0 Å². The summed E-state index contributed by atoms with van der Waals surface area (Å²) in [6, 6.07) is 3.80. The number of carbonyl (C=O) groups is 1. The molecule has 0 bridgehead atoms. The van der Waals surface area contributed by atoms with Crippen molar-refractivity contribution in [1.29, 1.82) is 0 Å². The van der Waals surface area contributed by atoms with Gasteiger partial charge in [0.05, 0.1) is 23.7 Å². The summed E-state index contributed by atoms with van der Waals surface area (Å²) in [6.07, 6.45) is 4.62. The van der Waals surface area contributed by atoms with Gasteiger partial charge >= 0.3 is 0 Å². The third kappa shape index (κ3) is 3.53. The van der Waals surface area contributed by atoms with Crippen molar-refractivity contribution in [2.45, 2.75) is 57.8 Å². The van der Waals surface area contributed by atoms with Crippen LogP contribution in [-0.2, 0) is 16.0 Å². The van der Waals surface area contributed by atoms with E-state index >= 15 is 0 Å². The molecular formula is C15H22N2O2. The molecule has 0 aliphatic carbocycles. The monoisotopic (exact) mass is 262 g/mol. The first kappa shape index (κ1) is 14.0. The fraction of sp³-hybridized carbons (Fsp3) is 0.600. The second-order valence-electron chi connectivity index (χ2n) is 6.33. The molecule has 1 saturated heterocycles. The second-order valence-corrected chi connectivity index (χ2v) is 6.33. The molecule has 0 saturated carbocycles. The summed E-state index contributed by atoms with van der Waals surface area (Å²) in [6.45, 7) is 8.16. The van der Waals surface area contributed by atoms with Crippen LogP contribution in [0.5, 0.6) is 0 Å². The molecule has 2 rings (SSSR count). The molecule has 1 N–H and O–H groups in total. The smallest absolute Gasteiger partial charge is 0.224 e. The number of aromatic nitrogens is 1. The Morgan fingerprint density at radius 1 is 1.47 bits per heavy atom. The van der Waals surface area contributed by atoms with E-state index in [-0.39, 0.29) is 23.2 Å². The Hall–Kier alpha value is -1.42. The number of hydrogen-bond donors (Lipinski definition) is 1. The van der Waals surface area contributed by atoms with Crippen LogP contribution in [0.1, 0.15) is 39.7 Å². The summed E-state index contributed by atoms with van der Waals surface area (Å²) in [5.74, 6) is 0.0207. The maximum Gasteiger partial charge on any atom is 0.224 e. The molecule has 1 aliphatic heterocycles. The third-order valence-corrected chi connectivity index (χ3v) is 3.50. The molecular weight excluding hydrogens is 240 g/mol. The minimum absolute atomic E-state index is 0.0207. The lowest BCUT2D eigenvalue weighted by atomic mass is 9.94. The molecule has 0 aromatic carbocycles. The van der Waals surface area contributed by atoms with Crippen molar-refractivity contribution in [3.05, 3.63) is 30.1 Å². The molecule has 0 spiro atoms. The Morgan fingerprint density at radius 2 is 2.21 bits per heavy atom. The van der Waals surface area contributed by atoms with E-state index in [1.165, 1.54) is 0 Å². The van der Waals surface area contributed by atoms with E-state index in [4.69, 9.17) is 4.74 Å². The van der Waals surface area contributed by atoms with Gasteiger partial charge in [-0.1, -0.05) is 6.07 Å². The second kappa shape index (κ2) is 4.93. The average Bonchev–Trinajstić information content (AvgIpc) is 2.47. The van der Waals surface area contributed by atoms with Crippen molar-refractivity contribution in [2.24, 2.45) is 0 Å². The SMILES string of the molecule is CC1(C)CC(NC(=O)Cc2cccnc2)C(C)(C)O1. The van der Waals surface area contributed by atoms with Crippen molar-refractivity contribution in [3.8, 4) is 0 Å². The summed E-state index contributed by atoms with van der Waals surface area (Å²) in [7, 11) is 0. The molecule has 1 unspecified atom stereocenters. The van der Waals surface area contributed by atoms with Gasteiger partial charge in [-0.05, 0) is 45.7 Å². The average molecular weight is 262 g/mol. The van der Waals surface area contributed by atoms with Gasteiger partial charge in [-0.25, -0.2) is 0 Å². The Labute approximate surface area is 114 Å². The topological polar surface area (TPSA) is 51.2 Å². The first-order valence-electron chi connectivity index (χ1n) is 6.67. The summed E-state index contributed by atoms with van der Waals surface area (Å²) in [5.41, 5.74) is 0.417. The maximum absolute atomic E-state index is 12.1. The van der Waals surface area contributed by atoms with E-state index < -0.39 is 0 Å². The van der Waals surface area contributed by atoms with Gasteiger partial charge < -0.3 is 10.1 Å². The molecule has 2 heterocycles. The molecule has 1 aromatic heterocycles. The number of hydrogen-bond acceptors (Lipinski definition) is 3. The number of nitrogens with zero attached hydrogens (tertiary/aromatic N) is 1. The standard InChI is InChI=1S/C15H22N2O2/c1-14(2)9-12(15(3,4)19-14)17-13(18)8-11-6-5-7-16-10-11/h5-7,10,12H,8-9H2,1-4H3,(H,17,18). The minimum atomic E-state index is -0.325. The van der Waals surface area contributed by atoms with Crippen LogP contribution in [0.25, 0.3) is 0 Å². The van der Waals surface area contributed by atoms with E-state index in [0.717, 1.165) is 12.0 Å². The number of nitrogens with one attached hydrogen (secondary N) is 1. The van der Waals surface area contributed by atoms with E-state index in [1.54, 1.807) is 12.4 Å². The lowest BCUT2D eigenvalue weighted by Crippen LogP contribution is -2.46. The van der Waals surface area contributed by atoms with Crippen LogP contribution in [-0.4, -0.2) is 28.1 Å². The number of carbonyl (C=O) groups excluding carboxylic acids is 1. The molecule has 1 aromatic rings. The van der Waals surface area contributed by atoms with Crippen molar-refractivity contribution < 1.29 is 9.53 Å². The fourth-order valence-corrected chi connectivity index (χ4v) is 2.72. The molecule has 1 aliphatic rings. The van der Waals surface area contributed by atoms with Crippen molar-refractivity contribution in [2.75, 3.05) is 0 Å². The summed E-state index contributed by atoms with van der Waals surface area (Å²) in [4.78, 5) is 16.1. The van der Waals surface area contributed by atoms with Gasteiger partial charge in [0, 0.05) is 12.4 Å². The molecule has 1 amide bonds. The number of amides is 1. The van der Waals surface area contributed by atoms with E-state index in [0.29, 0.717) is 6.42 Å². The quantitative estimate of drug-likeness (QED) is 0.907. The van der Waals surface area contributed by atoms with Gasteiger partial charge in [-0.15, -0.1) is 0 Å². The number of ether oxygens (including phenoxy) is 1. The third-order valence-electron chi connectivity index (χ3n) is 3.50. The molecule has 4 heteroatoms. The normalized spacial score (nSPS) is 24.1. The van der Waals surface area contributed by atoms with E-state index in [1.807, 2.05) is 26.0 Å². The van der Waals surface area contributed by atoms with Crippen LogP contribution in [0.15, 0.2) is 24.5 Å². The first-order valence-corrected chi connectivity index (χ1v) is 6.67. The van der Waals surface area contributed by atoms with Crippen LogP contribution >= 0.6 is 0 Å². The van der Waals surface area contributed by atoms with Gasteiger partial charge in [0.1, 0.15) is 0 Å². The number of pyridine rings is 1. The largest absolute Gasteiger partial charge is 0.367 e. The highest BCUT2D eigenvalue weighted by Crippen LogP contribution is 2.37. The maximum atomic E-state index is 12.1. The zero-order valence-corrected chi connectivity index (χ0v) is 12.1. The van der Waals surface area contributed by atoms with E-state index in [9.17, 15) is 4.79 Å². The zero-order chi connectivity index (χ0) is 14.1. The highest BCUT2D eigenvalue weighted by molar-refractivity contribution is 5.78. The van der Waals surface area contributed by atoms with Gasteiger partial charge in [0.15, 0.2) is 0 Å². The Bertz CT molecular complexity index is 454. The highest BCUT2D eigenvalue weighted by atomic mass is 16.5. The van der Waals surface area contributed by atoms with Crippen molar-refractivity contribution in [1.82, 2.24) is 10.3 Å². The predicted octanol–water partition coefficient (Wildman–Crippen LogP) is 2.09. The lowest BCUT2D eigenvalue weighted by molar-refractivity contribution is -0.123. The van der Waals surface area contributed by atoms with Crippen LogP contribution in [0.2, 0.25) is 0 Å². The minimum Gasteiger partial charge on any atom is -0.367 e. The van der Waals surface area contributed by atoms with Gasteiger partial charge in [0.25, 0.3) is 0 Å². The van der Waals surface area contributed by atoms with Crippen LogP contribution < -0.4 is 5.32 Å². The van der Waals surface area contributed by atoms with E-state index in [2.05, 4.69) is 24.1 Å². The Balaban J connectivity index is 1.96. The van der Waals surface area contributed by atoms with Gasteiger partial charge in [-0.3, -0.25) is 9.78 Å². The molecule has 19 heavy (non-hydrogen) atoms. The summed E-state index contributed by atoms with van der Waals surface area (Å²) in [5, 5.41) is 3.08. The Kier molecular flexibility index (Phi) is 3.63. The molecule has 104 valence electrons. The molecule has 1 atom stereocenters. The van der Waals surface area contributed by atoms with Crippen LogP contribution in [0, 0.1) is 0 Å². The zero-order valence-electron chi connectivity index (χ0n) is 12.1. The first-order chi connectivity index (χ1) is 8.78. The number of rotatable bonds is 3. The van der Waals surface area contributed by atoms with Crippen LogP contribution in [0.4, 0.5) is 0 Å². The van der Waals surface area contributed by atoms with Gasteiger partial charge in [-0.2, -0.15) is 0 Å². The van der Waals surface area contributed by atoms with Crippen LogP contribution in [0.3, 0.4) is 0 Å².